The van der Waals surface area contributed by atoms with E-state index < -0.39 is 0 Å². The first kappa shape index (κ1) is 17.5. The molecule has 3 aliphatic heterocycles. The number of piperidine rings is 1. The molecule has 6 heteroatoms. The van der Waals surface area contributed by atoms with Gasteiger partial charge in [-0.25, -0.2) is 0 Å². The number of hydrogen-bond acceptors (Lipinski definition) is 5. The van der Waals surface area contributed by atoms with Crippen LogP contribution in [0, 0.1) is 5.41 Å². The van der Waals surface area contributed by atoms with E-state index in [2.05, 4.69) is 43.0 Å². The minimum absolute atomic E-state index is 0.0912. The molecule has 0 amide bonds. The second kappa shape index (κ2) is 7.01. The zero-order valence-corrected chi connectivity index (χ0v) is 15.3. The maximum absolute atomic E-state index is 6.00. The molecule has 3 aliphatic rings. The molecule has 0 N–H and O–H groups in total. The minimum Gasteiger partial charge on any atom is -0.407 e. The number of nitrogens with zero attached hydrogens (tertiary/aromatic N) is 1. The lowest BCUT2D eigenvalue weighted by molar-refractivity contribution is -0.185. The summed E-state index contributed by atoms with van der Waals surface area (Å²) in [4.78, 5) is 2.47. The summed E-state index contributed by atoms with van der Waals surface area (Å²) in [7, 11) is -0.248. The Bertz CT molecular complexity index is 583. The lowest BCUT2D eigenvalue weighted by Crippen LogP contribution is -2.49. The van der Waals surface area contributed by atoms with Crippen LogP contribution in [-0.4, -0.2) is 57.3 Å². The van der Waals surface area contributed by atoms with E-state index in [4.69, 9.17) is 18.8 Å². The number of ether oxygens (including phenoxy) is 2. The molecule has 1 aromatic rings. The van der Waals surface area contributed by atoms with Crippen molar-refractivity contribution in [3.05, 3.63) is 29.8 Å². The fourth-order valence-corrected chi connectivity index (χ4v) is 3.86. The molecule has 3 saturated heterocycles. The average molecular weight is 345 g/mol. The Balaban J connectivity index is 1.40. The predicted octanol–water partition coefficient (Wildman–Crippen LogP) is 1.79. The van der Waals surface area contributed by atoms with Crippen molar-refractivity contribution in [3.63, 3.8) is 0 Å². The molecule has 4 rings (SSSR count). The summed E-state index contributed by atoms with van der Waals surface area (Å²) in [5, 5.41) is 0. The third-order valence-electron chi connectivity index (χ3n) is 5.39. The summed E-state index contributed by atoms with van der Waals surface area (Å²) in [6.45, 7) is 10.2. The van der Waals surface area contributed by atoms with E-state index in [1.165, 1.54) is 5.56 Å². The molecule has 0 bridgehead atoms. The van der Waals surface area contributed by atoms with E-state index in [9.17, 15) is 0 Å². The molecule has 5 nitrogen and oxygen atoms in total. The highest BCUT2D eigenvalue weighted by molar-refractivity contribution is 6.62. The first-order valence-electron chi connectivity index (χ1n) is 9.37. The monoisotopic (exact) mass is 345 g/mol. The van der Waals surface area contributed by atoms with Gasteiger partial charge in [0.2, 0.25) is 0 Å². The van der Waals surface area contributed by atoms with Crippen molar-refractivity contribution in [1.82, 2.24) is 4.90 Å². The van der Waals surface area contributed by atoms with Gasteiger partial charge in [-0.2, -0.15) is 0 Å². The second-order valence-corrected chi connectivity index (χ2v) is 8.20. The quantitative estimate of drug-likeness (QED) is 0.782. The van der Waals surface area contributed by atoms with Crippen LogP contribution in [0.1, 0.15) is 32.3 Å². The van der Waals surface area contributed by atoms with Crippen LogP contribution < -0.4 is 5.46 Å². The largest absolute Gasteiger partial charge is 0.494 e. The van der Waals surface area contributed by atoms with Crippen molar-refractivity contribution in [3.8, 4) is 0 Å². The van der Waals surface area contributed by atoms with Gasteiger partial charge in [-0.15, -0.1) is 0 Å². The highest BCUT2D eigenvalue weighted by atomic mass is 16.7. The van der Waals surface area contributed by atoms with Crippen molar-refractivity contribution in [2.24, 2.45) is 5.41 Å². The molecule has 1 spiro atoms. The topological polar surface area (TPSA) is 40.2 Å². The molecular weight excluding hydrogens is 317 g/mol. The van der Waals surface area contributed by atoms with E-state index in [-0.39, 0.29) is 18.3 Å². The van der Waals surface area contributed by atoms with E-state index in [1.54, 1.807) is 0 Å². The molecule has 0 aromatic heterocycles. The second-order valence-electron chi connectivity index (χ2n) is 8.20. The zero-order valence-electron chi connectivity index (χ0n) is 15.3. The maximum Gasteiger partial charge on any atom is 0.494 e. The van der Waals surface area contributed by atoms with Gasteiger partial charge in [0, 0.05) is 51.1 Å². The lowest BCUT2D eigenvalue weighted by atomic mass is 9.73. The Labute approximate surface area is 150 Å². The third-order valence-corrected chi connectivity index (χ3v) is 5.39. The summed E-state index contributed by atoms with van der Waals surface area (Å²) in [5.41, 5.74) is 2.54. The zero-order chi connectivity index (χ0) is 17.3. The van der Waals surface area contributed by atoms with E-state index in [0.717, 1.165) is 64.4 Å². The van der Waals surface area contributed by atoms with Gasteiger partial charge in [0.15, 0.2) is 5.79 Å². The van der Waals surface area contributed by atoms with Crippen LogP contribution in [0.2, 0.25) is 0 Å². The molecule has 1 aromatic carbocycles. The van der Waals surface area contributed by atoms with Gasteiger partial charge in [0.1, 0.15) is 0 Å². The predicted molar refractivity (Wildman–Crippen MR) is 96.7 cm³/mol. The number of benzene rings is 1. The van der Waals surface area contributed by atoms with E-state index in [0.29, 0.717) is 0 Å². The van der Waals surface area contributed by atoms with Crippen molar-refractivity contribution in [1.29, 1.82) is 0 Å². The number of hydrogen-bond donors (Lipinski definition) is 0. The Hall–Kier alpha value is -0.915. The normalized spacial score (nSPS) is 26.2. The highest BCUT2D eigenvalue weighted by Crippen LogP contribution is 2.31. The summed E-state index contributed by atoms with van der Waals surface area (Å²) in [5.74, 6) is -0.308. The Kier molecular flexibility index (Phi) is 4.90. The fourth-order valence-electron chi connectivity index (χ4n) is 3.86. The highest BCUT2D eigenvalue weighted by Gasteiger charge is 2.40. The molecule has 0 aliphatic carbocycles. The molecular formula is C19H28BNO4. The van der Waals surface area contributed by atoms with Crippen molar-refractivity contribution in [2.75, 3.05) is 39.5 Å². The van der Waals surface area contributed by atoms with Crippen LogP contribution >= 0.6 is 0 Å². The first-order valence-corrected chi connectivity index (χ1v) is 9.37. The summed E-state index contributed by atoms with van der Waals surface area (Å²) >= 11 is 0. The smallest absolute Gasteiger partial charge is 0.407 e. The minimum atomic E-state index is -0.308. The van der Waals surface area contributed by atoms with Crippen LogP contribution in [0.3, 0.4) is 0 Å². The van der Waals surface area contributed by atoms with Gasteiger partial charge in [0.05, 0.1) is 13.2 Å². The SMILES string of the molecule is CC1(C)COB(c2ccccc2CN2CCC3(CC2)OCCO3)OC1. The van der Waals surface area contributed by atoms with Gasteiger partial charge in [-0.3, -0.25) is 4.90 Å². The molecule has 136 valence electrons. The number of likely N-dealkylation sites (tertiary alicyclic amines) is 1. The van der Waals surface area contributed by atoms with Crippen LogP contribution in [0.25, 0.3) is 0 Å². The average Bonchev–Trinajstić information content (AvgIpc) is 3.06. The van der Waals surface area contributed by atoms with Crippen LogP contribution in [0.15, 0.2) is 24.3 Å². The van der Waals surface area contributed by atoms with Crippen molar-refractivity contribution < 1.29 is 18.8 Å². The standard InChI is InChI=1S/C19H28BNO4/c1-18(2)14-24-20(25-15-18)17-6-4-3-5-16(17)13-21-9-7-19(8-10-21)22-11-12-23-19/h3-6H,7-15H2,1-2H3. The molecule has 25 heavy (non-hydrogen) atoms. The molecule has 0 unspecified atom stereocenters. The maximum atomic E-state index is 6.00. The van der Waals surface area contributed by atoms with Gasteiger partial charge in [0.25, 0.3) is 0 Å². The Morgan fingerprint density at radius 2 is 1.64 bits per heavy atom. The third kappa shape index (κ3) is 3.93. The van der Waals surface area contributed by atoms with Crippen molar-refractivity contribution in [2.45, 2.75) is 39.0 Å². The Morgan fingerprint density at radius 3 is 2.32 bits per heavy atom. The van der Waals surface area contributed by atoms with Crippen LogP contribution in [0.5, 0.6) is 0 Å². The van der Waals surface area contributed by atoms with Crippen LogP contribution in [0.4, 0.5) is 0 Å². The summed E-state index contributed by atoms with van der Waals surface area (Å²) in [6.07, 6.45) is 1.89. The van der Waals surface area contributed by atoms with Gasteiger partial charge in [-0.1, -0.05) is 38.1 Å². The lowest BCUT2D eigenvalue weighted by Gasteiger charge is -2.38. The molecule has 0 atom stereocenters. The van der Waals surface area contributed by atoms with Crippen molar-refractivity contribution >= 4 is 12.6 Å². The summed E-state index contributed by atoms with van der Waals surface area (Å²) in [6, 6.07) is 8.48. The van der Waals surface area contributed by atoms with Crippen LogP contribution in [-0.2, 0) is 25.3 Å². The van der Waals surface area contributed by atoms with Gasteiger partial charge < -0.3 is 18.8 Å². The molecule has 0 saturated carbocycles. The number of rotatable bonds is 3. The molecule has 3 heterocycles. The Morgan fingerprint density at radius 1 is 1.00 bits per heavy atom. The van der Waals surface area contributed by atoms with Gasteiger partial charge >= 0.3 is 7.12 Å². The first-order chi connectivity index (χ1) is 12.1. The van der Waals surface area contributed by atoms with E-state index >= 15 is 0 Å². The fraction of sp³-hybridized carbons (Fsp3) is 0.684. The molecule has 3 fully saturated rings. The van der Waals surface area contributed by atoms with Gasteiger partial charge in [-0.05, 0) is 11.0 Å². The molecule has 0 radical (unpaired) electrons. The van der Waals surface area contributed by atoms with E-state index in [1.807, 2.05) is 0 Å². The summed E-state index contributed by atoms with van der Waals surface area (Å²) < 4.78 is 23.7.